The minimum absolute atomic E-state index is 0.379. The Kier molecular flexibility index (Phi) is 3.58. The first-order chi connectivity index (χ1) is 5.43. The molecule has 0 aliphatic carbocycles. The van der Waals surface area contributed by atoms with E-state index in [0.29, 0.717) is 19.5 Å². The van der Waals surface area contributed by atoms with Crippen molar-refractivity contribution in [3.05, 3.63) is 24.3 Å². The van der Waals surface area contributed by atoms with Gasteiger partial charge in [-0.05, 0) is 12.2 Å². The number of ether oxygens (including phenoxy) is 2. The Morgan fingerprint density at radius 3 is 2.45 bits per heavy atom. The molecule has 0 N–H and O–H groups in total. The molecule has 0 amide bonds. The van der Waals surface area contributed by atoms with E-state index in [1.54, 1.807) is 6.08 Å². The molecule has 1 rings (SSSR count). The fourth-order valence-electron chi connectivity index (χ4n) is 0.732. The standard InChI is InChI=1S/C8H10O3/c9-5-3-4-8-10-6-1-2-7-11-8/h1-5,8H,6-7H2/b4-3+. The lowest BCUT2D eigenvalue weighted by atomic mass is 10.5. The summed E-state index contributed by atoms with van der Waals surface area (Å²) in [4.78, 5) is 9.92. The van der Waals surface area contributed by atoms with E-state index in [-0.39, 0.29) is 6.29 Å². The van der Waals surface area contributed by atoms with Gasteiger partial charge >= 0.3 is 0 Å². The summed E-state index contributed by atoms with van der Waals surface area (Å²) in [5.41, 5.74) is 0. The molecule has 1 heterocycles. The SMILES string of the molecule is O=C/C=C/C1OCC=CCO1. The van der Waals surface area contributed by atoms with Crippen molar-refractivity contribution in [2.45, 2.75) is 6.29 Å². The van der Waals surface area contributed by atoms with E-state index in [0.717, 1.165) is 0 Å². The summed E-state index contributed by atoms with van der Waals surface area (Å²) in [6.45, 7) is 1.07. The molecule has 60 valence electrons. The third-order valence-corrected chi connectivity index (χ3v) is 1.23. The second-order valence-electron chi connectivity index (χ2n) is 2.03. The molecular formula is C8H10O3. The van der Waals surface area contributed by atoms with Crippen LogP contribution in [0.5, 0.6) is 0 Å². The number of allylic oxidation sites excluding steroid dienone is 1. The predicted octanol–water partition coefficient (Wildman–Crippen LogP) is 0.671. The topological polar surface area (TPSA) is 35.5 Å². The van der Waals surface area contributed by atoms with Crippen LogP contribution in [0.4, 0.5) is 0 Å². The van der Waals surface area contributed by atoms with E-state index in [4.69, 9.17) is 9.47 Å². The van der Waals surface area contributed by atoms with Gasteiger partial charge in [0.2, 0.25) is 0 Å². The molecule has 11 heavy (non-hydrogen) atoms. The number of rotatable bonds is 2. The smallest absolute Gasteiger partial charge is 0.177 e. The maximum Gasteiger partial charge on any atom is 0.177 e. The summed E-state index contributed by atoms with van der Waals surface area (Å²) in [5, 5.41) is 0. The van der Waals surface area contributed by atoms with E-state index < -0.39 is 0 Å². The summed E-state index contributed by atoms with van der Waals surface area (Å²) in [5.74, 6) is 0. The maximum atomic E-state index is 9.92. The Balaban J connectivity index is 2.34. The minimum atomic E-state index is -0.379. The molecule has 1 aliphatic heterocycles. The maximum absolute atomic E-state index is 9.92. The first-order valence-electron chi connectivity index (χ1n) is 3.43. The number of hydrogen-bond donors (Lipinski definition) is 0. The summed E-state index contributed by atoms with van der Waals surface area (Å²) < 4.78 is 10.3. The van der Waals surface area contributed by atoms with Crippen LogP contribution in [0.1, 0.15) is 0 Å². The van der Waals surface area contributed by atoms with Crippen LogP contribution in [0.2, 0.25) is 0 Å². The summed E-state index contributed by atoms with van der Waals surface area (Å²) in [7, 11) is 0. The van der Waals surface area contributed by atoms with Gasteiger partial charge in [-0.2, -0.15) is 0 Å². The molecule has 0 unspecified atom stereocenters. The van der Waals surface area contributed by atoms with E-state index in [9.17, 15) is 4.79 Å². The average molecular weight is 154 g/mol. The van der Waals surface area contributed by atoms with Crippen LogP contribution in [0.3, 0.4) is 0 Å². The molecule has 0 bridgehead atoms. The van der Waals surface area contributed by atoms with Crippen LogP contribution in [-0.4, -0.2) is 25.8 Å². The first-order valence-corrected chi connectivity index (χ1v) is 3.43. The van der Waals surface area contributed by atoms with Crippen LogP contribution in [0, 0.1) is 0 Å². The highest BCUT2D eigenvalue weighted by atomic mass is 16.7. The van der Waals surface area contributed by atoms with Crippen LogP contribution in [0.25, 0.3) is 0 Å². The zero-order valence-corrected chi connectivity index (χ0v) is 6.10. The molecule has 0 fully saturated rings. The van der Waals surface area contributed by atoms with E-state index in [2.05, 4.69) is 0 Å². The van der Waals surface area contributed by atoms with Crippen molar-refractivity contribution >= 4 is 6.29 Å². The molecule has 1 aliphatic rings. The lowest BCUT2D eigenvalue weighted by Gasteiger charge is -2.09. The highest BCUT2D eigenvalue weighted by Gasteiger charge is 2.04. The number of carbonyl (C=O) groups is 1. The fourth-order valence-corrected chi connectivity index (χ4v) is 0.732. The number of hydrogen-bond acceptors (Lipinski definition) is 3. The molecule has 0 radical (unpaired) electrons. The van der Waals surface area contributed by atoms with Crippen LogP contribution < -0.4 is 0 Å². The highest BCUT2D eigenvalue weighted by Crippen LogP contribution is 2.00. The van der Waals surface area contributed by atoms with E-state index >= 15 is 0 Å². The monoisotopic (exact) mass is 154 g/mol. The summed E-state index contributed by atoms with van der Waals surface area (Å²) in [6.07, 6.45) is 7.04. The Hall–Kier alpha value is -0.930. The highest BCUT2D eigenvalue weighted by molar-refractivity contribution is 5.64. The third kappa shape index (κ3) is 3.11. The molecule has 0 saturated carbocycles. The van der Waals surface area contributed by atoms with Crippen LogP contribution >= 0.6 is 0 Å². The van der Waals surface area contributed by atoms with Crippen molar-refractivity contribution in [1.29, 1.82) is 0 Å². The first kappa shape index (κ1) is 8.17. The molecule has 0 atom stereocenters. The molecule has 0 spiro atoms. The van der Waals surface area contributed by atoms with Gasteiger partial charge in [-0.15, -0.1) is 0 Å². The quantitative estimate of drug-likeness (QED) is 0.333. The molecular weight excluding hydrogens is 144 g/mol. The molecule has 0 saturated heterocycles. The Labute approximate surface area is 65.3 Å². The Morgan fingerprint density at radius 2 is 1.91 bits per heavy atom. The van der Waals surface area contributed by atoms with Crippen LogP contribution in [-0.2, 0) is 14.3 Å². The molecule has 0 aromatic rings. The van der Waals surface area contributed by atoms with Gasteiger partial charge < -0.3 is 9.47 Å². The van der Waals surface area contributed by atoms with Crippen LogP contribution in [0.15, 0.2) is 24.3 Å². The van der Waals surface area contributed by atoms with Crippen molar-refractivity contribution in [2.24, 2.45) is 0 Å². The van der Waals surface area contributed by atoms with Crippen molar-refractivity contribution < 1.29 is 14.3 Å². The van der Waals surface area contributed by atoms with Gasteiger partial charge in [-0.25, -0.2) is 0 Å². The fraction of sp³-hybridized carbons (Fsp3) is 0.375. The molecule has 0 aromatic heterocycles. The van der Waals surface area contributed by atoms with Gasteiger partial charge in [-0.3, -0.25) is 4.79 Å². The molecule has 3 nitrogen and oxygen atoms in total. The second-order valence-corrected chi connectivity index (χ2v) is 2.03. The minimum Gasteiger partial charge on any atom is -0.345 e. The van der Waals surface area contributed by atoms with Gasteiger partial charge in [0, 0.05) is 0 Å². The van der Waals surface area contributed by atoms with Gasteiger partial charge in [0.25, 0.3) is 0 Å². The Bertz CT molecular complexity index is 162. The number of carbonyl (C=O) groups excluding carboxylic acids is 1. The molecule has 0 aromatic carbocycles. The summed E-state index contributed by atoms with van der Waals surface area (Å²) >= 11 is 0. The van der Waals surface area contributed by atoms with Gasteiger partial charge in [0.1, 0.15) is 6.29 Å². The van der Waals surface area contributed by atoms with E-state index in [1.165, 1.54) is 6.08 Å². The largest absolute Gasteiger partial charge is 0.345 e. The van der Waals surface area contributed by atoms with E-state index in [1.807, 2.05) is 12.2 Å². The molecule has 3 heteroatoms. The summed E-state index contributed by atoms with van der Waals surface area (Å²) in [6, 6.07) is 0. The zero-order chi connectivity index (χ0) is 7.94. The number of aldehydes is 1. The van der Waals surface area contributed by atoms with Gasteiger partial charge in [-0.1, -0.05) is 12.2 Å². The third-order valence-electron chi connectivity index (χ3n) is 1.23. The van der Waals surface area contributed by atoms with Crippen molar-refractivity contribution in [2.75, 3.05) is 13.2 Å². The van der Waals surface area contributed by atoms with Crippen molar-refractivity contribution in [1.82, 2.24) is 0 Å². The zero-order valence-electron chi connectivity index (χ0n) is 6.10. The lowest BCUT2D eigenvalue weighted by molar-refractivity contribution is -0.105. The predicted molar refractivity (Wildman–Crippen MR) is 40.0 cm³/mol. The van der Waals surface area contributed by atoms with Gasteiger partial charge in [0.15, 0.2) is 6.29 Å². The van der Waals surface area contributed by atoms with Crippen molar-refractivity contribution in [3.8, 4) is 0 Å². The Morgan fingerprint density at radius 1 is 1.27 bits per heavy atom. The average Bonchev–Trinajstić information content (AvgIpc) is 2.28. The normalized spacial score (nSPS) is 20.4. The lowest BCUT2D eigenvalue weighted by Crippen LogP contribution is -2.12. The second kappa shape index (κ2) is 4.82. The van der Waals surface area contributed by atoms with Gasteiger partial charge in [0.05, 0.1) is 13.2 Å². The van der Waals surface area contributed by atoms with Crippen molar-refractivity contribution in [3.63, 3.8) is 0 Å².